The molecule has 0 bridgehead atoms. The molecule has 2 heterocycles. The molecule has 0 spiro atoms. The van der Waals surface area contributed by atoms with E-state index < -0.39 is 0 Å². The SMILES string of the molecule is Cl.Cl.Cn1ncnc1CN1CCCC(CCN)C1. The zero-order valence-electron chi connectivity index (χ0n) is 10.8. The highest BCUT2D eigenvalue weighted by Gasteiger charge is 2.20. The number of halogens is 2. The molecule has 1 aromatic rings. The number of rotatable bonds is 4. The van der Waals surface area contributed by atoms with Crippen LogP contribution in [0.3, 0.4) is 0 Å². The maximum Gasteiger partial charge on any atom is 0.140 e. The number of hydrogen-bond acceptors (Lipinski definition) is 4. The van der Waals surface area contributed by atoms with E-state index in [9.17, 15) is 0 Å². The van der Waals surface area contributed by atoms with E-state index in [1.807, 2.05) is 11.7 Å². The third-order valence-corrected chi connectivity index (χ3v) is 3.35. The topological polar surface area (TPSA) is 60.0 Å². The van der Waals surface area contributed by atoms with Crippen LogP contribution < -0.4 is 5.73 Å². The van der Waals surface area contributed by atoms with Gasteiger partial charge in [-0.15, -0.1) is 24.8 Å². The van der Waals surface area contributed by atoms with E-state index in [2.05, 4.69) is 15.0 Å². The number of nitrogens with two attached hydrogens (primary N) is 1. The molecule has 1 aliphatic heterocycles. The van der Waals surface area contributed by atoms with E-state index in [1.165, 1.54) is 19.4 Å². The Bertz CT molecular complexity index is 329. The molecular formula is C11H23Cl2N5. The van der Waals surface area contributed by atoms with Gasteiger partial charge in [0.15, 0.2) is 0 Å². The highest BCUT2D eigenvalue weighted by Crippen LogP contribution is 2.19. The van der Waals surface area contributed by atoms with Crippen molar-refractivity contribution in [3.05, 3.63) is 12.2 Å². The Balaban J connectivity index is 0.00000144. The Morgan fingerprint density at radius 2 is 2.22 bits per heavy atom. The van der Waals surface area contributed by atoms with Crippen molar-refractivity contribution in [3.63, 3.8) is 0 Å². The normalized spacial score (nSPS) is 20.0. The van der Waals surface area contributed by atoms with Gasteiger partial charge in [0, 0.05) is 13.6 Å². The molecule has 1 aliphatic rings. The minimum Gasteiger partial charge on any atom is -0.330 e. The lowest BCUT2D eigenvalue weighted by Crippen LogP contribution is -2.36. The zero-order valence-corrected chi connectivity index (χ0v) is 12.4. The van der Waals surface area contributed by atoms with Gasteiger partial charge in [0.2, 0.25) is 0 Å². The highest BCUT2D eigenvalue weighted by atomic mass is 35.5. The van der Waals surface area contributed by atoms with Gasteiger partial charge < -0.3 is 5.73 Å². The molecular weight excluding hydrogens is 273 g/mol. The number of nitrogens with zero attached hydrogens (tertiary/aromatic N) is 4. The van der Waals surface area contributed by atoms with E-state index in [1.54, 1.807) is 6.33 Å². The standard InChI is InChI=1S/C11H21N5.2ClH/c1-15-11(13-9-14-15)8-16-6-2-3-10(7-16)4-5-12;;/h9-10H,2-8,12H2,1H3;2*1H. The summed E-state index contributed by atoms with van der Waals surface area (Å²) in [6.07, 6.45) is 5.38. The first-order valence-corrected chi connectivity index (χ1v) is 6.05. The highest BCUT2D eigenvalue weighted by molar-refractivity contribution is 5.85. The quantitative estimate of drug-likeness (QED) is 0.907. The lowest BCUT2D eigenvalue weighted by Gasteiger charge is -2.32. The molecule has 2 N–H and O–H groups in total. The van der Waals surface area contributed by atoms with E-state index in [-0.39, 0.29) is 24.8 Å². The van der Waals surface area contributed by atoms with Gasteiger partial charge in [0.25, 0.3) is 0 Å². The Kier molecular flexibility index (Phi) is 8.52. The van der Waals surface area contributed by atoms with Crippen molar-refractivity contribution < 1.29 is 0 Å². The molecule has 1 aromatic heterocycles. The number of piperidine rings is 1. The number of likely N-dealkylation sites (tertiary alicyclic amines) is 1. The summed E-state index contributed by atoms with van der Waals surface area (Å²) in [4.78, 5) is 6.73. The van der Waals surface area contributed by atoms with Crippen LogP contribution >= 0.6 is 24.8 Å². The van der Waals surface area contributed by atoms with Gasteiger partial charge in [-0.1, -0.05) is 0 Å². The summed E-state index contributed by atoms with van der Waals surface area (Å²) in [5, 5.41) is 4.10. The van der Waals surface area contributed by atoms with E-state index in [0.29, 0.717) is 0 Å². The van der Waals surface area contributed by atoms with Crippen LogP contribution in [0.5, 0.6) is 0 Å². The average molecular weight is 296 g/mol. The summed E-state index contributed by atoms with van der Waals surface area (Å²) in [6, 6.07) is 0. The minimum atomic E-state index is 0. The maximum atomic E-state index is 5.62. The third-order valence-electron chi connectivity index (χ3n) is 3.35. The third kappa shape index (κ3) is 4.72. The molecule has 1 unspecified atom stereocenters. The molecule has 2 rings (SSSR count). The molecule has 0 radical (unpaired) electrons. The second kappa shape index (κ2) is 8.69. The number of aromatic nitrogens is 3. The van der Waals surface area contributed by atoms with Crippen LogP contribution in [0.2, 0.25) is 0 Å². The molecule has 0 aliphatic carbocycles. The van der Waals surface area contributed by atoms with Crippen LogP contribution in [0, 0.1) is 5.92 Å². The molecule has 5 nitrogen and oxygen atoms in total. The van der Waals surface area contributed by atoms with Crippen molar-refractivity contribution in [2.45, 2.75) is 25.8 Å². The van der Waals surface area contributed by atoms with Crippen molar-refractivity contribution >= 4 is 24.8 Å². The van der Waals surface area contributed by atoms with Crippen LogP contribution in [0.4, 0.5) is 0 Å². The molecule has 106 valence electrons. The predicted molar refractivity (Wildman–Crippen MR) is 77.2 cm³/mol. The molecule has 0 aromatic carbocycles. The molecule has 1 saturated heterocycles. The maximum absolute atomic E-state index is 5.62. The van der Waals surface area contributed by atoms with Crippen LogP contribution in [-0.2, 0) is 13.6 Å². The zero-order chi connectivity index (χ0) is 11.4. The van der Waals surface area contributed by atoms with Gasteiger partial charge in [-0.05, 0) is 38.3 Å². The Labute approximate surface area is 121 Å². The van der Waals surface area contributed by atoms with Crippen molar-refractivity contribution in [2.75, 3.05) is 19.6 Å². The van der Waals surface area contributed by atoms with E-state index >= 15 is 0 Å². The Hall–Kier alpha value is -0.360. The number of hydrogen-bond donors (Lipinski definition) is 1. The molecule has 7 heteroatoms. The van der Waals surface area contributed by atoms with Crippen LogP contribution in [0.25, 0.3) is 0 Å². The minimum absolute atomic E-state index is 0. The summed E-state index contributed by atoms with van der Waals surface area (Å²) >= 11 is 0. The van der Waals surface area contributed by atoms with Gasteiger partial charge in [0.1, 0.15) is 12.2 Å². The van der Waals surface area contributed by atoms with Gasteiger partial charge in [-0.2, -0.15) is 5.10 Å². The molecule has 1 atom stereocenters. The van der Waals surface area contributed by atoms with Crippen molar-refractivity contribution in [2.24, 2.45) is 18.7 Å². The largest absolute Gasteiger partial charge is 0.330 e. The fourth-order valence-electron chi connectivity index (χ4n) is 2.43. The summed E-state index contributed by atoms with van der Waals surface area (Å²) in [7, 11) is 1.95. The predicted octanol–water partition coefficient (Wildman–Crippen LogP) is 1.22. The molecule has 1 fully saturated rings. The van der Waals surface area contributed by atoms with Gasteiger partial charge in [0.05, 0.1) is 6.54 Å². The molecule has 18 heavy (non-hydrogen) atoms. The van der Waals surface area contributed by atoms with Crippen molar-refractivity contribution in [3.8, 4) is 0 Å². The summed E-state index contributed by atoms with van der Waals surface area (Å²) < 4.78 is 1.85. The Morgan fingerprint density at radius 1 is 1.44 bits per heavy atom. The second-order valence-electron chi connectivity index (χ2n) is 4.62. The van der Waals surface area contributed by atoms with E-state index in [4.69, 9.17) is 5.73 Å². The first kappa shape index (κ1) is 17.6. The van der Waals surface area contributed by atoms with Gasteiger partial charge in [-0.3, -0.25) is 9.58 Å². The summed E-state index contributed by atoms with van der Waals surface area (Å²) in [5.74, 6) is 1.82. The van der Waals surface area contributed by atoms with Crippen molar-refractivity contribution in [1.82, 2.24) is 19.7 Å². The van der Waals surface area contributed by atoms with Crippen LogP contribution in [0.15, 0.2) is 6.33 Å². The number of aryl methyl sites for hydroxylation is 1. The van der Waals surface area contributed by atoms with Gasteiger partial charge in [-0.25, -0.2) is 4.98 Å². The van der Waals surface area contributed by atoms with Gasteiger partial charge >= 0.3 is 0 Å². The summed E-state index contributed by atoms with van der Waals surface area (Å²) in [6.45, 7) is 4.05. The fourth-order valence-corrected chi connectivity index (χ4v) is 2.43. The van der Waals surface area contributed by atoms with Crippen molar-refractivity contribution in [1.29, 1.82) is 0 Å². The second-order valence-corrected chi connectivity index (χ2v) is 4.62. The fraction of sp³-hybridized carbons (Fsp3) is 0.818. The first-order valence-electron chi connectivity index (χ1n) is 6.05. The Morgan fingerprint density at radius 3 is 2.83 bits per heavy atom. The van der Waals surface area contributed by atoms with E-state index in [0.717, 1.165) is 37.8 Å². The lowest BCUT2D eigenvalue weighted by atomic mass is 9.95. The molecule has 0 amide bonds. The van der Waals surface area contributed by atoms with Crippen LogP contribution in [-0.4, -0.2) is 39.3 Å². The monoisotopic (exact) mass is 295 g/mol. The molecule has 0 saturated carbocycles. The average Bonchev–Trinajstić information content (AvgIpc) is 2.66. The lowest BCUT2D eigenvalue weighted by molar-refractivity contribution is 0.158. The first-order chi connectivity index (χ1) is 7.79. The van der Waals surface area contributed by atoms with Crippen LogP contribution in [0.1, 0.15) is 25.1 Å². The summed E-state index contributed by atoms with van der Waals surface area (Å²) in [5.41, 5.74) is 5.62. The smallest absolute Gasteiger partial charge is 0.140 e.